The number of ether oxygens (including phenoxy) is 2. The van der Waals surface area contributed by atoms with Crippen LogP contribution in [0.25, 0.3) is 10.8 Å². The Morgan fingerprint density at radius 1 is 0.462 bits per heavy atom. The van der Waals surface area contributed by atoms with Crippen molar-refractivity contribution in [1.82, 2.24) is 0 Å². The Hall–Kier alpha value is -3.59. The van der Waals surface area contributed by atoms with Crippen molar-refractivity contribution >= 4 is 16.9 Å². The highest BCUT2D eigenvalue weighted by molar-refractivity contribution is 5.82. The number of carbonyl (C=O) groups excluding carboxylic acids is 1. The molecule has 0 N–H and O–H groups in total. The third-order valence-electron chi connectivity index (χ3n) is 3.55. The summed E-state index contributed by atoms with van der Waals surface area (Å²) in [5.74, 6) is 0.923. The van der Waals surface area contributed by atoms with Gasteiger partial charge in [-0.2, -0.15) is 0 Å². The van der Waals surface area contributed by atoms with E-state index in [9.17, 15) is 4.79 Å². The summed E-state index contributed by atoms with van der Waals surface area (Å²) in [6.07, 6.45) is -0.739. The van der Waals surface area contributed by atoms with Crippen molar-refractivity contribution in [2.24, 2.45) is 0 Å². The minimum absolute atomic E-state index is 0.462. The van der Waals surface area contributed by atoms with Crippen LogP contribution in [0.2, 0.25) is 0 Å². The molecule has 0 atom stereocenters. The molecule has 0 aliphatic heterocycles. The zero-order chi connectivity index (χ0) is 18.0. The number of benzene rings is 4. The molecule has 128 valence electrons. The van der Waals surface area contributed by atoms with E-state index in [4.69, 9.17) is 9.47 Å². The predicted molar refractivity (Wildman–Crippen MR) is 103 cm³/mol. The second kappa shape index (κ2) is 9.04. The molecule has 3 heteroatoms. The van der Waals surface area contributed by atoms with Crippen molar-refractivity contribution < 1.29 is 14.3 Å². The van der Waals surface area contributed by atoms with Gasteiger partial charge in [-0.1, -0.05) is 84.9 Å². The lowest BCUT2D eigenvalue weighted by Gasteiger charge is -2.04. The molecule has 0 aromatic heterocycles. The van der Waals surface area contributed by atoms with Gasteiger partial charge >= 0.3 is 6.16 Å². The summed E-state index contributed by atoms with van der Waals surface area (Å²) < 4.78 is 9.91. The van der Waals surface area contributed by atoms with Gasteiger partial charge in [0.1, 0.15) is 11.5 Å². The third kappa shape index (κ3) is 5.21. The molecular formula is C23H18O3. The molecule has 0 bridgehead atoms. The average Bonchev–Trinajstić information content (AvgIpc) is 2.70. The second-order valence-corrected chi connectivity index (χ2v) is 5.43. The molecular weight excluding hydrogens is 324 g/mol. The SMILES string of the molecule is O=C(Oc1ccccc1)Oc1ccccc1.c1ccc2ccccc2c1. The summed E-state index contributed by atoms with van der Waals surface area (Å²) in [5.41, 5.74) is 0. The number of hydrogen-bond acceptors (Lipinski definition) is 3. The first-order chi connectivity index (χ1) is 12.8. The number of carbonyl (C=O) groups is 1. The van der Waals surface area contributed by atoms with E-state index < -0.39 is 6.16 Å². The highest BCUT2D eigenvalue weighted by Crippen LogP contribution is 2.13. The summed E-state index contributed by atoms with van der Waals surface area (Å²) in [6.45, 7) is 0. The number of fused-ring (bicyclic) bond motifs is 1. The van der Waals surface area contributed by atoms with E-state index in [0.29, 0.717) is 11.5 Å². The Morgan fingerprint density at radius 3 is 1.12 bits per heavy atom. The molecule has 0 aliphatic carbocycles. The predicted octanol–water partition coefficient (Wildman–Crippen LogP) is 6.10. The maximum atomic E-state index is 11.3. The van der Waals surface area contributed by atoms with Crippen molar-refractivity contribution in [3.63, 3.8) is 0 Å². The topological polar surface area (TPSA) is 35.5 Å². The van der Waals surface area contributed by atoms with Crippen LogP contribution in [0.15, 0.2) is 109 Å². The minimum Gasteiger partial charge on any atom is -0.395 e. The van der Waals surface area contributed by atoms with Crippen molar-refractivity contribution in [1.29, 1.82) is 0 Å². The van der Waals surface area contributed by atoms with Gasteiger partial charge in [0.05, 0.1) is 0 Å². The maximum Gasteiger partial charge on any atom is 0.519 e. The lowest BCUT2D eigenvalue weighted by molar-refractivity contribution is 0.152. The summed E-state index contributed by atoms with van der Waals surface area (Å²) in [6, 6.07) is 34.3. The van der Waals surface area contributed by atoms with Gasteiger partial charge in [-0.15, -0.1) is 0 Å². The first kappa shape index (κ1) is 17.2. The standard InChI is InChI=1S/C13H10O3.C10H8/c14-13(15-11-7-3-1-4-8-11)16-12-9-5-2-6-10-12;1-2-6-10-8-4-3-7-9(10)5-1/h1-10H;1-8H. The highest BCUT2D eigenvalue weighted by Gasteiger charge is 2.06. The van der Waals surface area contributed by atoms with E-state index in [1.807, 2.05) is 12.1 Å². The van der Waals surface area contributed by atoms with Crippen LogP contribution in [0.3, 0.4) is 0 Å². The van der Waals surface area contributed by atoms with Crippen LogP contribution in [0, 0.1) is 0 Å². The van der Waals surface area contributed by atoms with Crippen molar-refractivity contribution in [3.8, 4) is 11.5 Å². The van der Waals surface area contributed by atoms with E-state index in [0.717, 1.165) is 0 Å². The Kier molecular flexibility index (Phi) is 5.99. The first-order valence-electron chi connectivity index (χ1n) is 8.25. The second-order valence-electron chi connectivity index (χ2n) is 5.43. The summed E-state index contributed by atoms with van der Waals surface area (Å²) in [7, 11) is 0. The van der Waals surface area contributed by atoms with Crippen LogP contribution in [0.1, 0.15) is 0 Å². The molecule has 0 amide bonds. The van der Waals surface area contributed by atoms with E-state index in [-0.39, 0.29) is 0 Å². The van der Waals surface area contributed by atoms with Crippen LogP contribution in [0.4, 0.5) is 4.79 Å². The molecule has 4 aromatic carbocycles. The Bertz CT molecular complexity index is 841. The molecule has 0 saturated heterocycles. The molecule has 0 saturated carbocycles. The van der Waals surface area contributed by atoms with Gasteiger partial charge in [0.15, 0.2) is 0 Å². The number of hydrogen-bond donors (Lipinski definition) is 0. The fourth-order valence-electron chi connectivity index (χ4n) is 2.32. The summed E-state index contributed by atoms with van der Waals surface area (Å²) in [5, 5.41) is 2.62. The van der Waals surface area contributed by atoms with Crippen molar-refractivity contribution in [2.75, 3.05) is 0 Å². The quantitative estimate of drug-likeness (QED) is 0.326. The van der Waals surface area contributed by atoms with E-state index in [2.05, 4.69) is 48.5 Å². The van der Waals surface area contributed by atoms with Crippen molar-refractivity contribution in [2.45, 2.75) is 0 Å². The minimum atomic E-state index is -0.739. The van der Waals surface area contributed by atoms with E-state index in [1.165, 1.54) is 10.8 Å². The zero-order valence-corrected chi connectivity index (χ0v) is 14.1. The van der Waals surface area contributed by atoms with Crippen LogP contribution < -0.4 is 9.47 Å². The largest absolute Gasteiger partial charge is 0.519 e. The van der Waals surface area contributed by atoms with Gasteiger partial charge in [-0.3, -0.25) is 0 Å². The first-order valence-corrected chi connectivity index (χ1v) is 8.25. The smallest absolute Gasteiger partial charge is 0.395 e. The molecule has 0 unspecified atom stereocenters. The monoisotopic (exact) mass is 342 g/mol. The van der Waals surface area contributed by atoms with Gasteiger partial charge in [0.25, 0.3) is 0 Å². The molecule has 4 rings (SSSR count). The molecule has 0 heterocycles. The third-order valence-corrected chi connectivity index (χ3v) is 3.55. The van der Waals surface area contributed by atoms with Crippen LogP contribution in [-0.4, -0.2) is 6.16 Å². The highest BCUT2D eigenvalue weighted by atomic mass is 16.7. The lowest BCUT2D eigenvalue weighted by atomic mass is 10.1. The normalized spacial score (nSPS) is 9.69. The maximum absolute atomic E-state index is 11.3. The van der Waals surface area contributed by atoms with Crippen LogP contribution in [-0.2, 0) is 0 Å². The molecule has 0 aliphatic rings. The van der Waals surface area contributed by atoms with Gasteiger partial charge in [0, 0.05) is 0 Å². The molecule has 4 aromatic rings. The van der Waals surface area contributed by atoms with E-state index >= 15 is 0 Å². The Labute approximate surface area is 152 Å². The van der Waals surface area contributed by atoms with E-state index in [1.54, 1.807) is 48.5 Å². The Balaban J connectivity index is 0.000000167. The fourth-order valence-corrected chi connectivity index (χ4v) is 2.32. The van der Waals surface area contributed by atoms with Gasteiger partial charge in [-0.05, 0) is 35.0 Å². The molecule has 0 fully saturated rings. The fraction of sp³-hybridized carbons (Fsp3) is 0. The zero-order valence-electron chi connectivity index (χ0n) is 14.1. The molecule has 26 heavy (non-hydrogen) atoms. The Morgan fingerprint density at radius 2 is 0.769 bits per heavy atom. The van der Waals surface area contributed by atoms with Gasteiger partial charge < -0.3 is 9.47 Å². The molecule has 3 nitrogen and oxygen atoms in total. The summed E-state index contributed by atoms with van der Waals surface area (Å²) in [4.78, 5) is 11.3. The van der Waals surface area contributed by atoms with Crippen LogP contribution in [0.5, 0.6) is 11.5 Å². The van der Waals surface area contributed by atoms with Gasteiger partial charge in [-0.25, -0.2) is 4.79 Å². The molecule has 0 spiro atoms. The lowest BCUT2D eigenvalue weighted by Crippen LogP contribution is -2.13. The summed E-state index contributed by atoms with van der Waals surface area (Å²) >= 11 is 0. The van der Waals surface area contributed by atoms with Gasteiger partial charge in [0.2, 0.25) is 0 Å². The number of rotatable bonds is 2. The number of para-hydroxylation sites is 2. The van der Waals surface area contributed by atoms with Crippen molar-refractivity contribution in [3.05, 3.63) is 109 Å². The average molecular weight is 342 g/mol. The van der Waals surface area contributed by atoms with Crippen LogP contribution >= 0.6 is 0 Å². The molecule has 0 radical (unpaired) electrons.